The maximum absolute atomic E-state index is 5.54. The Labute approximate surface area is 338 Å². The Balaban J connectivity index is 1.04. The molecule has 1 unspecified atom stereocenters. The third-order valence-electron chi connectivity index (χ3n) is 12.0. The van der Waals surface area contributed by atoms with Crippen LogP contribution >= 0.6 is 0 Å². The summed E-state index contributed by atoms with van der Waals surface area (Å²) in [5.74, 6) is 0.300. The minimum absolute atomic E-state index is 0.300. The molecule has 3 heteroatoms. The Morgan fingerprint density at radius 1 is 0.466 bits per heavy atom. The van der Waals surface area contributed by atoms with Crippen molar-refractivity contribution in [1.82, 2.24) is 14.1 Å². The standard InChI is InChI=1S/C55H41N3/c1-37-26-31-44(58-54-24-11-7-20-47(54)48-21-8-12-25-55(48)58)35-49(37)51-34-43(41-29-27-40(28-30-41)39-15-3-2-4-16-39)33-50(56-51)42-17-13-14-38(32-42)36-57-52-22-9-5-18-45(52)46-19-6-10-23-53(46)57/h2-25,27-35,37H,26,36H2,1H3. The second-order valence-corrected chi connectivity index (χ2v) is 15.6. The van der Waals surface area contributed by atoms with Crippen molar-refractivity contribution < 1.29 is 0 Å². The Kier molecular flexibility index (Phi) is 8.25. The first-order chi connectivity index (χ1) is 28.7. The van der Waals surface area contributed by atoms with Crippen LogP contribution in [0.5, 0.6) is 0 Å². The van der Waals surface area contributed by atoms with Crippen LogP contribution in [0.4, 0.5) is 0 Å². The van der Waals surface area contributed by atoms with E-state index < -0.39 is 0 Å². The molecule has 0 spiro atoms. The topological polar surface area (TPSA) is 22.8 Å². The minimum atomic E-state index is 0.300. The van der Waals surface area contributed by atoms with Gasteiger partial charge in [-0.2, -0.15) is 0 Å². The van der Waals surface area contributed by atoms with E-state index in [2.05, 4.69) is 216 Å². The van der Waals surface area contributed by atoms with E-state index in [0.29, 0.717) is 5.92 Å². The quantitative estimate of drug-likeness (QED) is 0.159. The lowest BCUT2D eigenvalue weighted by molar-refractivity contribution is 0.753. The first kappa shape index (κ1) is 34.1. The lowest BCUT2D eigenvalue weighted by Crippen LogP contribution is -2.08. The van der Waals surface area contributed by atoms with Gasteiger partial charge >= 0.3 is 0 Å². The highest BCUT2D eigenvalue weighted by Crippen LogP contribution is 2.40. The number of rotatable bonds is 7. The van der Waals surface area contributed by atoms with E-state index in [1.165, 1.54) is 77.1 Å². The Hall–Kier alpha value is -7.23. The predicted molar refractivity (Wildman–Crippen MR) is 245 cm³/mol. The third-order valence-corrected chi connectivity index (χ3v) is 12.0. The van der Waals surface area contributed by atoms with Crippen molar-refractivity contribution in [2.45, 2.75) is 19.9 Å². The smallest absolute Gasteiger partial charge is 0.0715 e. The van der Waals surface area contributed by atoms with Gasteiger partial charge in [0.05, 0.1) is 22.4 Å². The van der Waals surface area contributed by atoms with Gasteiger partial charge in [0.25, 0.3) is 0 Å². The zero-order chi connectivity index (χ0) is 38.6. The highest BCUT2D eigenvalue weighted by Gasteiger charge is 2.22. The van der Waals surface area contributed by atoms with Crippen LogP contribution in [0.3, 0.4) is 0 Å². The molecule has 0 saturated carbocycles. The normalized spacial score (nSPS) is 14.3. The monoisotopic (exact) mass is 743 g/mol. The van der Waals surface area contributed by atoms with Crippen LogP contribution in [0.2, 0.25) is 0 Å². The van der Waals surface area contributed by atoms with Crippen LogP contribution in [0.15, 0.2) is 200 Å². The first-order valence-electron chi connectivity index (χ1n) is 20.3. The fourth-order valence-electron chi connectivity index (χ4n) is 9.13. The molecule has 3 heterocycles. The van der Waals surface area contributed by atoms with Gasteiger partial charge in [-0.3, -0.25) is 0 Å². The molecular formula is C55H41N3. The number of aromatic nitrogens is 3. The van der Waals surface area contributed by atoms with E-state index in [9.17, 15) is 0 Å². The number of para-hydroxylation sites is 4. The highest BCUT2D eigenvalue weighted by molar-refractivity contribution is 6.11. The van der Waals surface area contributed by atoms with Crippen LogP contribution in [0, 0.1) is 5.92 Å². The van der Waals surface area contributed by atoms with E-state index in [0.717, 1.165) is 35.5 Å². The summed E-state index contributed by atoms with van der Waals surface area (Å²) in [5, 5.41) is 5.12. The van der Waals surface area contributed by atoms with Crippen molar-refractivity contribution in [1.29, 1.82) is 0 Å². The highest BCUT2D eigenvalue weighted by atomic mass is 15.0. The molecule has 0 fully saturated rings. The van der Waals surface area contributed by atoms with Gasteiger partial charge in [0.1, 0.15) is 0 Å². The van der Waals surface area contributed by atoms with Crippen molar-refractivity contribution in [2.24, 2.45) is 5.92 Å². The molecule has 0 bridgehead atoms. The summed E-state index contributed by atoms with van der Waals surface area (Å²) < 4.78 is 4.88. The SMILES string of the molecule is CC1CC=C(n2c3ccccc3c3ccccc32)C=C1c1cc(-c2ccc(-c3ccccc3)cc2)cc(-c2cccc(Cn3c4ccccc4c4ccccc43)c2)n1. The van der Waals surface area contributed by atoms with Gasteiger partial charge in [0.2, 0.25) is 0 Å². The third kappa shape index (κ3) is 5.86. The van der Waals surface area contributed by atoms with E-state index in [-0.39, 0.29) is 0 Å². The van der Waals surface area contributed by atoms with Crippen LogP contribution in [0.1, 0.15) is 24.6 Å². The van der Waals surface area contributed by atoms with E-state index in [1.54, 1.807) is 0 Å². The van der Waals surface area contributed by atoms with E-state index in [4.69, 9.17) is 4.98 Å². The zero-order valence-corrected chi connectivity index (χ0v) is 32.4. The summed E-state index contributed by atoms with van der Waals surface area (Å²) in [6, 6.07) is 68.2. The Morgan fingerprint density at radius 3 is 1.60 bits per heavy atom. The number of pyridine rings is 1. The van der Waals surface area contributed by atoms with Gasteiger partial charge in [-0.25, -0.2) is 4.98 Å². The lowest BCUT2D eigenvalue weighted by atomic mass is 9.88. The van der Waals surface area contributed by atoms with Crippen LogP contribution in [-0.2, 0) is 6.54 Å². The van der Waals surface area contributed by atoms with Crippen LogP contribution in [0.25, 0.3) is 88.4 Å². The molecule has 10 aromatic rings. The predicted octanol–water partition coefficient (Wildman–Crippen LogP) is 14.3. The second-order valence-electron chi connectivity index (χ2n) is 15.6. The van der Waals surface area contributed by atoms with Crippen molar-refractivity contribution in [3.8, 4) is 33.5 Å². The summed E-state index contributed by atoms with van der Waals surface area (Å²) in [7, 11) is 0. The maximum atomic E-state index is 5.54. The number of allylic oxidation sites excluding steroid dienone is 4. The molecule has 0 aliphatic heterocycles. The molecule has 0 radical (unpaired) electrons. The fourth-order valence-corrected chi connectivity index (χ4v) is 9.13. The maximum Gasteiger partial charge on any atom is 0.0715 e. The average Bonchev–Trinajstić information content (AvgIpc) is 3.79. The number of fused-ring (bicyclic) bond motifs is 6. The molecule has 7 aromatic carbocycles. The summed E-state index contributed by atoms with van der Waals surface area (Å²) in [4.78, 5) is 5.54. The molecule has 3 nitrogen and oxygen atoms in total. The molecule has 1 atom stereocenters. The fraction of sp³-hybridized carbons (Fsp3) is 0.0727. The lowest BCUT2D eigenvalue weighted by Gasteiger charge is -2.23. The van der Waals surface area contributed by atoms with Crippen molar-refractivity contribution in [2.75, 3.05) is 0 Å². The summed E-state index contributed by atoms with van der Waals surface area (Å²) in [6.07, 6.45) is 5.72. The van der Waals surface area contributed by atoms with Crippen LogP contribution in [-0.4, -0.2) is 14.1 Å². The van der Waals surface area contributed by atoms with Crippen LogP contribution < -0.4 is 0 Å². The van der Waals surface area contributed by atoms with Crippen molar-refractivity contribution in [3.05, 3.63) is 211 Å². The molecule has 1 aliphatic rings. The molecule has 276 valence electrons. The molecule has 1 aliphatic carbocycles. The molecule has 58 heavy (non-hydrogen) atoms. The van der Waals surface area contributed by atoms with Crippen molar-refractivity contribution >= 4 is 54.9 Å². The van der Waals surface area contributed by atoms with E-state index in [1.807, 2.05) is 0 Å². The molecule has 3 aromatic heterocycles. The molecule has 0 N–H and O–H groups in total. The first-order valence-corrected chi connectivity index (χ1v) is 20.3. The summed E-state index contributed by atoms with van der Waals surface area (Å²) >= 11 is 0. The van der Waals surface area contributed by atoms with Gasteiger partial charge in [-0.05, 0) is 94.3 Å². The zero-order valence-electron chi connectivity index (χ0n) is 32.4. The number of hydrogen-bond donors (Lipinski definition) is 0. The number of nitrogens with zero attached hydrogens (tertiary/aromatic N) is 3. The number of hydrogen-bond acceptors (Lipinski definition) is 1. The van der Waals surface area contributed by atoms with Gasteiger partial charge in [0.15, 0.2) is 0 Å². The van der Waals surface area contributed by atoms with Gasteiger partial charge in [-0.15, -0.1) is 0 Å². The minimum Gasteiger partial charge on any atom is -0.336 e. The largest absolute Gasteiger partial charge is 0.336 e. The molecule has 11 rings (SSSR count). The molecule has 0 amide bonds. The van der Waals surface area contributed by atoms with Gasteiger partial charge in [0, 0.05) is 50.4 Å². The van der Waals surface area contributed by atoms with Gasteiger partial charge < -0.3 is 9.13 Å². The Bertz CT molecular complexity index is 3120. The van der Waals surface area contributed by atoms with Crippen molar-refractivity contribution in [3.63, 3.8) is 0 Å². The summed E-state index contributed by atoms with van der Waals surface area (Å²) in [6.45, 7) is 3.10. The molecule has 0 saturated heterocycles. The average molecular weight is 744 g/mol. The second kappa shape index (κ2) is 14.1. The van der Waals surface area contributed by atoms with E-state index >= 15 is 0 Å². The van der Waals surface area contributed by atoms with Gasteiger partial charge in [-0.1, -0.05) is 159 Å². The number of benzene rings is 7. The Morgan fingerprint density at radius 2 is 0.966 bits per heavy atom. The molecular weight excluding hydrogens is 703 g/mol. The summed E-state index contributed by atoms with van der Waals surface area (Å²) in [5.41, 5.74) is 16.5.